The van der Waals surface area contributed by atoms with E-state index < -0.39 is 5.41 Å². The summed E-state index contributed by atoms with van der Waals surface area (Å²) in [6.45, 7) is 0. The second-order valence-corrected chi connectivity index (χ2v) is 14.4. The second kappa shape index (κ2) is 12.5. The molecule has 1 aliphatic heterocycles. The molecule has 0 atom stereocenters. The zero-order valence-electron chi connectivity index (χ0n) is 30.1. The Kier molecular flexibility index (Phi) is 7.11. The Morgan fingerprint density at radius 3 is 1.56 bits per heavy atom. The van der Waals surface area contributed by atoms with E-state index in [4.69, 9.17) is 4.74 Å². The molecular formula is C53H35NO. The van der Waals surface area contributed by atoms with E-state index in [-0.39, 0.29) is 0 Å². The molecule has 0 unspecified atom stereocenters. The molecule has 55 heavy (non-hydrogen) atoms. The van der Waals surface area contributed by atoms with Gasteiger partial charge in [-0.15, -0.1) is 0 Å². The van der Waals surface area contributed by atoms with E-state index >= 15 is 0 Å². The van der Waals surface area contributed by atoms with Crippen LogP contribution in [0.15, 0.2) is 212 Å². The molecule has 258 valence electrons. The average molecular weight is 702 g/mol. The van der Waals surface area contributed by atoms with Gasteiger partial charge < -0.3 is 9.64 Å². The van der Waals surface area contributed by atoms with Crippen LogP contribution in [0, 0.1) is 0 Å². The zero-order valence-corrected chi connectivity index (χ0v) is 30.1. The monoisotopic (exact) mass is 701 g/mol. The molecule has 9 aromatic carbocycles. The van der Waals surface area contributed by atoms with Crippen LogP contribution >= 0.6 is 0 Å². The van der Waals surface area contributed by atoms with Gasteiger partial charge in [0.2, 0.25) is 0 Å². The predicted molar refractivity (Wildman–Crippen MR) is 227 cm³/mol. The number of hydrogen-bond acceptors (Lipinski definition) is 2. The van der Waals surface area contributed by atoms with Crippen molar-refractivity contribution in [2.24, 2.45) is 0 Å². The molecule has 0 aromatic heterocycles. The smallest absolute Gasteiger partial charge is 0.132 e. The van der Waals surface area contributed by atoms with Crippen molar-refractivity contribution in [3.8, 4) is 44.9 Å². The predicted octanol–water partition coefficient (Wildman–Crippen LogP) is 14.1. The normalized spacial score (nSPS) is 13.0. The number of para-hydroxylation sites is 4. The highest BCUT2D eigenvalue weighted by atomic mass is 16.5. The molecule has 1 aliphatic carbocycles. The quantitative estimate of drug-likeness (QED) is 0.177. The van der Waals surface area contributed by atoms with Gasteiger partial charge in [0, 0.05) is 27.6 Å². The number of rotatable bonds is 5. The molecule has 0 radical (unpaired) electrons. The van der Waals surface area contributed by atoms with E-state index in [9.17, 15) is 0 Å². The number of ether oxygens (including phenoxy) is 1. The first kappa shape index (κ1) is 31.4. The Morgan fingerprint density at radius 2 is 0.836 bits per heavy atom. The molecule has 0 N–H and O–H groups in total. The largest absolute Gasteiger partial charge is 0.457 e. The van der Waals surface area contributed by atoms with Crippen LogP contribution in [0.2, 0.25) is 0 Å². The lowest BCUT2D eigenvalue weighted by Crippen LogP contribution is -2.32. The Labute approximate surface area is 321 Å². The van der Waals surface area contributed by atoms with Gasteiger partial charge in [0.05, 0.1) is 22.5 Å². The van der Waals surface area contributed by atoms with Crippen LogP contribution in [0.1, 0.15) is 22.3 Å². The maximum absolute atomic E-state index is 6.63. The summed E-state index contributed by atoms with van der Waals surface area (Å²) in [7, 11) is 0. The Morgan fingerprint density at radius 1 is 0.327 bits per heavy atom. The number of anilines is 3. The van der Waals surface area contributed by atoms with Gasteiger partial charge in [-0.25, -0.2) is 0 Å². The van der Waals surface area contributed by atoms with Gasteiger partial charge in [-0.2, -0.15) is 0 Å². The molecule has 9 aromatic rings. The molecule has 11 rings (SSSR count). The van der Waals surface area contributed by atoms with E-state index in [1.165, 1.54) is 55.3 Å². The average Bonchev–Trinajstić information content (AvgIpc) is 3.54. The molecule has 0 fully saturated rings. The van der Waals surface area contributed by atoms with Crippen LogP contribution < -0.4 is 9.64 Å². The van der Waals surface area contributed by atoms with Gasteiger partial charge >= 0.3 is 0 Å². The van der Waals surface area contributed by atoms with Crippen molar-refractivity contribution in [2.45, 2.75) is 5.41 Å². The summed E-state index contributed by atoms with van der Waals surface area (Å²) in [6.07, 6.45) is 0. The van der Waals surface area contributed by atoms with E-state index in [0.717, 1.165) is 39.7 Å². The number of hydrogen-bond donors (Lipinski definition) is 0. The third-order valence-corrected chi connectivity index (χ3v) is 11.5. The minimum Gasteiger partial charge on any atom is -0.457 e. The molecule has 0 saturated heterocycles. The lowest BCUT2D eigenvalue weighted by atomic mass is 9.66. The molecule has 0 bridgehead atoms. The Balaban J connectivity index is 1.19. The summed E-state index contributed by atoms with van der Waals surface area (Å²) in [6, 6.07) is 76.9. The van der Waals surface area contributed by atoms with E-state index in [1.54, 1.807) is 0 Å². The summed E-state index contributed by atoms with van der Waals surface area (Å²) in [4.78, 5) is 2.47. The highest BCUT2D eigenvalue weighted by molar-refractivity contribution is 6.03. The fraction of sp³-hybridized carbons (Fsp3) is 0.0189. The van der Waals surface area contributed by atoms with Gasteiger partial charge in [-0.3, -0.25) is 0 Å². The first-order valence-electron chi connectivity index (χ1n) is 18.9. The van der Waals surface area contributed by atoms with Crippen molar-refractivity contribution in [1.29, 1.82) is 0 Å². The van der Waals surface area contributed by atoms with Crippen molar-refractivity contribution in [1.82, 2.24) is 0 Å². The highest BCUT2D eigenvalue weighted by Gasteiger charge is 2.51. The van der Waals surface area contributed by atoms with Crippen molar-refractivity contribution < 1.29 is 4.74 Å². The van der Waals surface area contributed by atoms with E-state index in [2.05, 4.69) is 217 Å². The zero-order chi connectivity index (χ0) is 36.3. The van der Waals surface area contributed by atoms with E-state index in [1.807, 2.05) is 0 Å². The number of fused-ring (bicyclic) bond motifs is 10. The fourth-order valence-electron chi connectivity index (χ4n) is 9.26. The van der Waals surface area contributed by atoms with Crippen LogP contribution in [0.25, 0.3) is 44.2 Å². The molecule has 2 heteroatoms. The van der Waals surface area contributed by atoms with Crippen LogP contribution in [0.4, 0.5) is 17.1 Å². The van der Waals surface area contributed by atoms with Crippen LogP contribution in [-0.2, 0) is 5.41 Å². The van der Waals surface area contributed by atoms with Gasteiger partial charge in [-0.05, 0) is 75.2 Å². The highest BCUT2D eigenvalue weighted by Crippen LogP contribution is 2.62. The summed E-state index contributed by atoms with van der Waals surface area (Å²) in [5, 5.41) is 2.40. The van der Waals surface area contributed by atoms with E-state index in [0.29, 0.717) is 0 Å². The van der Waals surface area contributed by atoms with Crippen molar-refractivity contribution in [3.05, 3.63) is 235 Å². The topological polar surface area (TPSA) is 12.5 Å². The maximum atomic E-state index is 6.63. The molecule has 1 heterocycles. The van der Waals surface area contributed by atoms with Gasteiger partial charge in [0.1, 0.15) is 11.5 Å². The Bertz CT molecular complexity index is 2880. The minimum atomic E-state index is -0.544. The first-order chi connectivity index (χ1) is 27.3. The third kappa shape index (κ3) is 4.68. The summed E-state index contributed by atoms with van der Waals surface area (Å²) in [5.41, 5.74) is 14.9. The van der Waals surface area contributed by atoms with Gasteiger partial charge in [0.15, 0.2) is 0 Å². The van der Waals surface area contributed by atoms with Crippen molar-refractivity contribution in [3.63, 3.8) is 0 Å². The summed E-state index contributed by atoms with van der Waals surface area (Å²) >= 11 is 0. The molecule has 2 aliphatic rings. The molecule has 0 saturated carbocycles. The number of benzene rings is 9. The lowest BCUT2D eigenvalue weighted by Gasteiger charge is -2.39. The second-order valence-electron chi connectivity index (χ2n) is 14.4. The first-order valence-corrected chi connectivity index (χ1v) is 18.9. The lowest BCUT2D eigenvalue weighted by molar-refractivity contribution is 0.436. The SMILES string of the molecule is c1ccc(-c2ccccc2N(c2ccccc2-c2ccc3c(c2)C2(c4ccccc4Oc4ccccc42)c2ccccc2-3)c2cccc3ccccc23)cc1. The molecule has 1 spiro atoms. The Hall–Kier alpha value is -7.16. The summed E-state index contributed by atoms with van der Waals surface area (Å²) < 4.78 is 6.63. The van der Waals surface area contributed by atoms with Gasteiger partial charge in [0.25, 0.3) is 0 Å². The third-order valence-electron chi connectivity index (χ3n) is 11.5. The fourth-order valence-corrected chi connectivity index (χ4v) is 9.26. The van der Waals surface area contributed by atoms with Crippen molar-refractivity contribution in [2.75, 3.05) is 4.90 Å². The minimum absolute atomic E-state index is 0.544. The summed E-state index contributed by atoms with van der Waals surface area (Å²) in [5.74, 6) is 1.80. The molecule has 2 nitrogen and oxygen atoms in total. The number of nitrogens with zero attached hydrogens (tertiary/aromatic N) is 1. The molecular weight excluding hydrogens is 667 g/mol. The van der Waals surface area contributed by atoms with Crippen LogP contribution in [0.5, 0.6) is 11.5 Å². The van der Waals surface area contributed by atoms with Crippen molar-refractivity contribution >= 4 is 27.8 Å². The van der Waals surface area contributed by atoms with Crippen LogP contribution in [0.3, 0.4) is 0 Å². The van der Waals surface area contributed by atoms with Crippen LogP contribution in [-0.4, -0.2) is 0 Å². The standard InChI is InChI=1S/C53H35NO/c1-2-17-36(18-3-1)39-22-7-12-28-48(39)54(50-30-16-20-37-19-4-5-21-40(37)50)49-29-13-8-23-41(49)38-33-34-43-42-24-6-9-25-44(42)53(47(43)35-38)45-26-10-14-31-51(45)55-52-32-15-11-27-46(52)53/h1-35H. The molecule has 0 amide bonds. The van der Waals surface area contributed by atoms with Gasteiger partial charge in [-0.1, -0.05) is 176 Å². The maximum Gasteiger partial charge on any atom is 0.132 e.